The third kappa shape index (κ3) is 3.12. The quantitative estimate of drug-likeness (QED) is 0.650. The predicted octanol–water partition coefficient (Wildman–Crippen LogP) is 1.83. The smallest absolute Gasteiger partial charge is 0.137 e. The van der Waals surface area contributed by atoms with Gasteiger partial charge in [0.25, 0.3) is 0 Å². The average molecular weight is 285 g/mol. The van der Waals surface area contributed by atoms with Crippen LogP contribution < -0.4 is 16.0 Å². The molecule has 3 atom stereocenters. The van der Waals surface area contributed by atoms with Gasteiger partial charge in [-0.15, -0.1) is 0 Å². The highest BCUT2D eigenvalue weighted by molar-refractivity contribution is 8.07. The van der Waals surface area contributed by atoms with Crippen molar-refractivity contribution >= 4 is 23.5 Å². The van der Waals surface area contributed by atoms with Crippen molar-refractivity contribution in [3.63, 3.8) is 0 Å². The minimum Gasteiger partial charge on any atom is -0.495 e. The molecule has 2 heterocycles. The second-order valence-electron chi connectivity index (χ2n) is 4.21. The zero-order chi connectivity index (χ0) is 13.0. The number of nitrogens with one attached hydrogen (secondary N) is 1. The Balaban J connectivity index is 2.20. The molecule has 0 spiro atoms. The van der Waals surface area contributed by atoms with E-state index in [1.54, 1.807) is 13.3 Å². The number of aromatic nitrogens is 1. The highest BCUT2D eigenvalue weighted by Gasteiger charge is 2.31. The molecule has 1 aliphatic heterocycles. The van der Waals surface area contributed by atoms with Crippen molar-refractivity contribution in [2.75, 3.05) is 18.6 Å². The van der Waals surface area contributed by atoms with Crippen LogP contribution >= 0.6 is 23.5 Å². The fourth-order valence-electron chi connectivity index (χ4n) is 2.11. The van der Waals surface area contributed by atoms with Gasteiger partial charge in [0.2, 0.25) is 0 Å². The molecule has 18 heavy (non-hydrogen) atoms. The Morgan fingerprint density at radius 1 is 1.44 bits per heavy atom. The highest BCUT2D eigenvalue weighted by Crippen LogP contribution is 2.38. The zero-order valence-corrected chi connectivity index (χ0v) is 12.3. The predicted molar refractivity (Wildman–Crippen MR) is 79.0 cm³/mol. The summed E-state index contributed by atoms with van der Waals surface area (Å²) in [5.41, 5.74) is 4.03. The molecule has 1 aliphatic rings. The molecule has 1 saturated heterocycles. The molecule has 0 bridgehead atoms. The summed E-state index contributed by atoms with van der Waals surface area (Å²) in [4.78, 5) is 4.21. The number of ether oxygens (including phenoxy) is 1. The fourth-order valence-corrected chi connectivity index (χ4v) is 5.04. The molecular formula is C12H19N3OS2. The van der Waals surface area contributed by atoms with Crippen LogP contribution in [0.4, 0.5) is 0 Å². The minimum atomic E-state index is 0.111. The van der Waals surface area contributed by atoms with Gasteiger partial charge in [-0.25, -0.2) is 0 Å². The summed E-state index contributed by atoms with van der Waals surface area (Å²) in [6.45, 7) is 2.26. The van der Waals surface area contributed by atoms with Crippen LogP contribution in [0.15, 0.2) is 18.5 Å². The van der Waals surface area contributed by atoms with E-state index in [1.165, 1.54) is 11.5 Å². The molecule has 2 rings (SSSR count). The molecule has 3 N–H and O–H groups in total. The average Bonchev–Trinajstić information content (AvgIpc) is 2.42. The normalized spacial score (nSPS) is 25.7. The summed E-state index contributed by atoms with van der Waals surface area (Å²) < 4.78 is 5.22. The van der Waals surface area contributed by atoms with E-state index in [4.69, 9.17) is 10.6 Å². The number of hydrogen-bond acceptors (Lipinski definition) is 6. The lowest BCUT2D eigenvalue weighted by Gasteiger charge is -2.34. The molecule has 0 amide bonds. The van der Waals surface area contributed by atoms with Gasteiger partial charge in [0.1, 0.15) is 5.75 Å². The van der Waals surface area contributed by atoms with Crippen LogP contribution in [0.5, 0.6) is 5.75 Å². The van der Waals surface area contributed by atoms with Crippen molar-refractivity contribution in [3.05, 3.63) is 24.0 Å². The lowest BCUT2D eigenvalue weighted by Crippen LogP contribution is -2.41. The zero-order valence-electron chi connectivity index (χ0n) is 10.6. The molecule has 6 heteroatoms. The highest BCUT2D eigenvalue weighted by atomic mass is 32.2. The number of thioether (sulfide) groups is 2. The van der Waals surface area contributed by atoms with Crippen molar-refractivity contribution in [1.29, 1.82) is 0 Å². The van der Waals surface area contributed by atoms with E-state index < -0.39 is 0 Å². The third-order valence-electron chi connectivity index (χ3n) is 3.07. The molecular weight excluding hydrogens is 266 g/mol. The molecule has 3 unspecified atom stereocenters. The van der Waals surface area contributed by atoms with Crippen LogP contribution in [0.2, 0.25) is 0 Å². The maximum atomic E-state index is 5.75. The first kappa shape index (κ1) is 14.0. The van der Waals surface area contributed by atoms with Crippen molar-refractivity contribution in [3.8, 4) is 5.75 Å². The van der Waals surface area contributed by atoms with E-state index in [-0.39, 0.29) is 6.04 Å². The Morgan fingerprint density at radius 2 is 2.22 bits per heavy atom. The van der Waals surface area contributed by atoms with Crippen LogP contribution in [-0.2, 0) is 0 Å². The topological polar surface area (TPSA) is 60.2 Å². The molecule has 1 aromatic heterocycles. The van der Waals surface area contributed by atoms with E-state index in [0.29, 0.717) is 10.5 Å². The van der Waals surface area contributed by atoms with E-state index in [1.807, 2.05) is 35.8 Å². The molecule has 0 aliphatic carbocycles. The molecule has 1 fully saturated rings. The first-order chi connectivity index (χ1) is 8.76. The molecule has 100 valence electrons. The summed E-state index contributed by atoms with van der Waals surface area (Å²) in [6.07, 6.45) is 3.57. The number of rotatable bonds is 4. The van der Waals surface area contributed by atoms with Crippen molar-refractivity contribution in [2.24, 2.45) is 5.84 Å². The van der Waals surface area contributed by atoms with Crippen molar-refractivity contribution in [1.82, 2.24) is 10.4 Å². The van der Waals surface area contributed by atoms with E-state index in [2.05, 4.69) is 17.3 Å². The third-order valence-corrected chi connectivity index (χ3v) is 6.27. The maximum absolute atomic E-state index is 5.75. The Bertz CT molecular complexity index is 391. The second kappa shape index (κ2) is 6.65. The lowest BCUT2D eigenvalue weighted by molar-refractivity contribution is 0.410. The number of hydrazine groups is 1. The fraction of sp³-hybridized carbons (Fsp3) is 0.583. The number of hydrogen-bond donors (Lipinski definition) is 2. The Kier molecular flexibility index (Phi) is 5.17. The summed E-state index contributed by atoms with van der Waals surface area (Å²) in [7, 11) is 1.65. The first-order valence-corrected chi connectivity index (χ1v) is 8.04. The molecule has 0 aromatic carbocycles. The van der Waals surface area contributed by atoms with Crippen LogP contribution in [0.1, 0.15) is 18.5 Å². The van der Waals surface area contributed by atoms with Gasteiger partial charge in [-0.2, -0.15) is 23.5 Å². The van der Waals surface area contributed by atoms with Gasteiger partial charge < -0.3 is 4.74 Å². The van der Waals surface area contributed by atoms with Crippen molar-refractivity contribution < 1.29 is 4.74 Å². The summed E-state index contributed by atoms with van der Waals surface area (Å²) >= 11 is 3.99. The Labute approximate surface area is 116 Å². The minimum absolute atomic E-state index is 0.111. The van der Waals surface area contributed by atoms with Gasteiger partial charge in [0, 0.05) is 28.2 Å². The number of pyridine rings is 1. The standard InChI is InChI=1S/C12H19N3OS2/c1-8-12(18-4-3-17-8)11(15-13)9-5-10(16-2)7-14-6-9/h5-8,11-12,15H,3-4,13H2,1-2H3. The van der Waals surface area contributed by atoms with E-state index in [0.717, 1.165) is 11.3 Å². The van der Waals surface area contributed by atoms with Gasteiger partial charge in [0.15, 0.2) is 0 Å². The molecule has 1 aromatic rings. The summed E-state index contributed by atoms with van der Waals surface area (Å²) in [6, 6.07) is 2.12. The van der Waals surface area contributed by atoms with Gasteiger partial charge in [-0.3, -0.25) is 16.3 Å². The first-order valence-electron chi connectivity index (χ1n) is 5.94. The van der Waals surface area contributed by atoms with Crippen LogP contribution in [0, 0.1) is 0 Å². The van der Waals surface area contributed by atoms with E-state index >= 15 is 0 Å². The number of nitrogens with two attached hydrogens (primary N) is 1. The maximum Gasteiger partial charge on any atom is 0.137 e. The monoisotopic (exact) mass is 285 g/mol. The van der Waals surface area contributed by atoms with Gasteiger partial charge in [-0.05, 0) is 11.6 Å². The SMILES string of the molecule is COc1cncc(C(NN)C2SCCSC2C)c1. The molecule has 4 nitrogen and oxygen atoms in total. The van der Waals surface area contributed by atoms with Crippen molar-refractivity contribution in [2.45, 2.75) is 23.5 Å². The van der Waals surface area contributed by atoms with E-state index in [9.17, 15) is 0 Å². The van der Waals surface area contributed by atoms with Crippen LogP contribution in [-0.4, -0.2) is 34.1 Å². The second-order valence-corrected chi connectivity index (χ2v) is 6.98. The van der Waals surface area contributed by atoms with Crippen LogP contribution in [0.25, 0.3) is 0 Å². The Morgan fingerprint density at radius 3 is 2.89 bits per heavy atom. The lowest BCUT2D eigenvalue weighted by atomic mass is 10.0. The largest absolute Gasteiger partial charge is 0.495 e. The number of methoxy groups -OCH3 is 1. The molecule has 0 radical (unpaired) electrons. The Hall–Kier alpha value is -0.430. The number of nitrogens with zero attached hydrogens (tertiary/aromatic N) is 1. The van der Waals surface area contributed by atoms with Gasteiger partial charge in [-0.1, -0.05) is 6.92 Å². The summed E-state index contributed by atoms with van der Waals surface area (Å²) in [5, 5.41) is 1.04. The van der Waals surface area contributed by atoms with Crippen LogP contribution in [0.3, 0.4) is 0 Å². The van der Waals surface area contributed by atoms with Gasteiger partial charge in [0.05, 0.1) is 19.3 Å². The molecule has 0 saturated carbocycles. The van der Waals surface area contributed by atoms with Gasteiger partial charge >= 0.3 is 0 Å². The summed E-state index contributed by atoms with van der Waals surface area (Å²) in [5.74, 6) is 8.91.